The summed E-state index contributed by atoms with van der Waals surface area (Å²) in [5, 5.41) is 3.30. The Kier molecular flexibility index (Phi) is 5.25. The van der Waals surface area contributed by atoms with Crippen LogP contribution in [-0.2, 0) is 17.9 Å². The molecule has 1 saturated heterocycles. The Bertz CT molecular complexity index is 821. The van der Waals surface area contributed by atoms with Crippen LogP contribution in [0.3, 0.4) is 0 Å². The van der Waals surface area contributed by atoms with Crippen molar-refractivity contribution in [3.63, 3.8) is 0 Å². The van der Waals surface area contributed by atoms with Gasteiger partial charge in [0.1, 0.15) is 5.82 Å². The van der Waals surface area contributed by atoms with Gasteiger partial charge in [-0.15, -0.1) is 0 Å². The number of benzene rings is 2. The third kappa shape index (κ3) is 4.39. The molecule has 0 radical (unpaired) electrons. The highest BCUT2D eigenvalue weighted by Gasteiger charge is 2.23. The number of carbonyl (C=O) groups excluding carboxylic acids is 1. The first kappa shape index (κ1) is 17.8. The minimum Gasteiger partial charge on any atom is -0.454 e. The van der Waals surface area contributed by atoms with Gasteiger partial charge in [0.15, 0.2) is 11.5 Å². The summed E-state index contributed by atoms with van der Waals surface area (Å²) in [6.07, 6.45) is 1.52. The van der Waals surface area contributed by atoms with Crippen LogP contribution in [0.1, 0.15) is 24.0 Å². The maximum absolute atomic E-state index is 13.6. The molecule has 0 saturated carbocycles. The third-order valence-corrected chi connectivity index (χ3v) is 5.05. The number of fused-ring (bicyclic) bond motifs is 1. The van der Waals surface area contributed by atoms with Gasteiger partial charge in [-0.3, -0.25) is 4.79 Å². The molecule has 4 rings (SSSR count). The second-order valence-corrected chi connectivity index (χ2v) is 7.13. The van der Waals surface area contributed by atoms with Crippen LogP contribution in [0, 0.1) is 11.7 Å². The number of amides is 1. The molecule has 0 aromatic heterocycles. The Balaban J connectivity index is 1.51. The molecule has 1 atom stereocenters. The molecular formula is C21H23FN2O3. The summed E-state index contributed by atoms with van der Waals surface area (Å²) in [6.45, 7) is 2.89. The largest absolute Gasteiger partial charge is 0.454 e. The molecule has 0 aliphatic carbocycles. The van der Waals surface area contributed by atoms with E-state index in [1.54, 1.807) is 11.0 Å². The number of halogens is 1. The van der Waals surface area contributed by atoms with Gasteiger partial charge in [0.2, 0.25) is 12.7 Å². The van der Waals surface area contributed by atoms with E-state index >= 15 is 0 Å². The predicted molar refractivity (Wildman–Crippen MR) is 98.8 cm³/mol. The molecule has 0 bridgehead atoms. The normalized spacial score (nSPS) is 17.9. The quantitative estimate of drug-likeness (QED) is 0.849. The van der Waals surface area contributed by atoms with Gasteiger partial charge in [0.05, 0.1) is 0 Å². The second-order valence-electron chi connectivity index (χ2n) is 7.13. The summed E-state index contributed by atoms with van der Waals surface area (Å²) in [7, 11) is 0. The van der Waals surface area contributed by atoms with Gasteiger partial charge in [-0.05, 0) is 60.8 Å². The Hall–Kier alpha value is -2.60. The lowest BCUT2D eigenvalue weighted by Gasteiger charge is -2.24. The van der Waals surface area contributed by atoms with E-state index in [1.165, 1.54) is 12.1 Å². The average Bonchev–Trinajstić information content (AvgIpc) is 3.32. The molecule has 1 N–H and O–H groups in total. The second kappa shape index (κ2) is 7.96. The number of hydrogen-bond donors (Lipinski definition) is 1. The van der Waals surface area contributed by atoms with Crippen LogP contribution in [0.4, 0.5) is 4.39 Å². The SMILES string of the molecule is O=C(C[C@@H]1CCNC1)N(Cc1cccc(F)c1)Cc1ccc2c(c1)OCO2. The number of hydrogen-bond acceptors (Lipinski definition) is 4. The van der Waals surface area contributed by atoms with Crippen molar-refractivity contribution in [3.8, 4) is 11.5 Å². The lowest BCUT2D eigenvalue weighted by molar-refractivity contribution is -0.133. The zero-order valence-corrected chi connectivity index (χ0v) is 15.1. The van der Waals surface area contributed by atoms with E-state index in [1.807, 2.05) is 24.3 Å². The van der Waals surface area contributed by atoms with Crippen LogP contribution >= 0.6 is 0 Å². The minimum absolute atomic E-state index is 0.0885. The van der Waals surface area contributed by atoms with Crippen molar-refractivity contribution in [2.24, 2.45) is 5.92 Å². The fraction of sp³-hybridized carbons (Fsp3) is 0.381. The van der Waals surface area contributed by atoms with E-state index in [-0.39, 0.29) is 18.5 Å². The zero-order chi connectivity index (χ0) is 18.6. The van der Waals surface area contributed by atoms with Crippen LogP contribution < -0.4 is 14.8 Å². The average molecular weight is 370 g/mol. The van der Waals surface area contributed by atoms with Crippen LogP contribution in [0.2, 0.25) is 0 Å². The minimum atomic E-state index is -0.289. The maximum atomic E-state index is 13.6. The summed E-state index contributed by atoms with van der Waals surface area (Å²) < 4.78 is 24.4. The van der Waals surface area contributed by atoms with E-state index in [0.29, 0.717) is 31.2 Å². The highest BCUT2D eigenvalue weighted by Crippen LogP contribution is 2.33. The molecule has 2 heterocycles. The smallest absolute Gasteiger partial charge is 0.231 e. The molecule has 1 fully saturated rings. The molecule has 2 aliphatic rings. The van der Waals surface area contributed by atoms with Crippen LogP contribution in [0.5, 0.6) is 11.5 Å². The first-order chi connectivity index (χ1) is 13.2. The fourth-order valence-corrected chi connectivity index (χ4v) is 3.61. The summed E-state index contributed by atoms with van der Waals surface area (Å²) in [5.41, 5.74) is 1.75. The van der Waals surface area contributed by atoms with Crippen LogP contribution in [-0.4, -0.2) is 30.7 Å². The lowest BCUT2D eigenvalue weighted by atomic mass is 10.0. The lowest BCUT2D eigenvalue weighted by Crippen LogP contribution is -2.32. The molecule has 0 spiro atoms. The molecule has 0 unspecified atom stereocenters. The Morgan fingerprint density at radius 2 is 1.93 bits per heavy atom. The molecule has 5 nitrogen and oxygen atoms in total. The molecule has 142 valence electrons. The molecule has 2 aromatic rings. The standard InChI is InChI=1S/C21H23FN2O3/c22-18-3-1-2-16(8-18)12-24(21(25)10-15-6-7-23-11-15)13-17-4-5-19-20(9-17)27-14-26-19/h1-5,8-9,15,23H,6-7,10-14H2/t15-/m0/s1. The Labute approximate surface area is 158 Å². The van der Waals surface area contributed by atoms with Crippen molar-refractivity contribution in [1.29, 1.82) is 0 Å². The van der Waals surface area contributed by atoms with Gasteiger partial charge in [-0.1, -0.05) is 18.2 Å². The van der Waals surface area contributed by atoms with E-state index in [4.69, 9.17) is 9.47 Å². The number of ether oxygens (including phenoxy) is 2. The molecule has 1 amide bonds. The summed E-state index contributed by atoms with van der Waals surface area (Å²) in [4.78, 5) is 14.8. The van der Waals surface area contributed by atoms with E-state index < -0.39 is 0 Å². The molecule has 6 heteroatoms. The van der Waals surface area contributed by atoms with Crippen molar-refractivity contribution >= 4 is 5.91 Å². The van der Waals surface area contributed by atoms with Gasteiger partial charge in [-0.25, -0.2) is 4.39 Å². The fourth-order valence-electron chi connectivity index (χ4n) is 3.61. The van der Waals surface area contributed by atoms with Gasteiger partial charge < -0.3 is 19.7 Å². The van der Waals surface area contributed by atoms with Crippen LogP contribution in [0.15, 0.2) is 42.5 Å². The highest BCUT2D eigenvalue weighted by molar-refractivity contribution is 5.76. The van der Waals surface area contributed by atoms with Gasteiger partial charge >= 0.3 is 0 Å². The monoisotopic (exact) mass is 370 g/mol. The van der Waals surface area contributed by atoms with Crippen molar-refractivity contribution in [3.05, 3.63) is 59.4 Å². The third-order valence-electron chi connectivity index (χ3n) is 5.05. The summed E-state index contributed by atoms with van der Waals surface area (Å²) in [5.74, 6) is 1.59. The van der Waals surface area contributed by atoms with Crippen molar-refractivity contribution in [1.82, 2.24) is 10.2 Å². The van der Waals surface area contributed by atoms with Crippen molar-refractivity contribution in [2.75, 3.05) is 19.9 Å². The van der Waals surface area contributed by atoms with Crippen LogP contribution in [0.25, 0.3) is 0 Å². The first-order valence-corrected chi connectivity index (χ1v) is 9.29. The predicted octanol–water partition coefficient (Wildman–Crippen LogP) is 3.08. The zero-order valence-electron chi connectivity index (χ0n) is 15.1. The molecule has 27 heavy (non-hydrogen) atoms. The van der Waals surface area contributed by atoms with E-state index in [0.717, 1.165) is 36.4 Å². The highest BCUT2D eigenvalue weighted by atomic mass is 19.1. The Morgan fingerprint density at radius 1 is 1.11 bits per heavy atom. The van der Waals surface area contributed by atoms with Crippen molar-refractivity contribution in [2.45, 2.75) is 25.9 Å². The summed E-state index contributed by atoms with van der Waals surface area (Å²) in [6, 6.07) is 12.1. The number of nitrogens with one attached hydrogen (secondary N) is 1. The van der Waals surface area contributed by atoms with Gasteiger partial charge in [0.25, 0.3) is 0 Å². The maximum Gasteiger partial charge on any atom is 0.231 e. The number of carbonyl (C=O) groups is 1. The van der Waals surface area contributed by atoms with E-state index in [9.17, 15) is 9.18 Å². The van der Waals surface area contributed by atoms with Crippen molar-refractivity contribution < 1.29 is 18.7 Å². The summed E-state index contributed by atoms with van der Waals surface area (Å²) >= 11 is 0. The topological polar surface area (TPSA) is 50.8 Å². The molecule has 2 aromatic carbocycles. The molecular weight excluding hydrogens is 347 g/mol. The number of nitrogens with zero attached hydrogens (tertiary/aromatic N) is 1. The van der Waals surface area contributed by atoms with E-state index in [2.05, 4.69) is 5.32 Å². The number of rotatable bonds is 6. The van der Waals surface area contributed by atoms with Gasteiger partial charge in [-0.2, -0.15) is 0 Å². The molecule has 2 aliphatic heterocycles. The first-order valence-electron chi connectivity index (χ1n) is 9.29. The van der Waals surface area contributed by atoms with Gasteiger partial charge in [0, 0.05) is 19.5 Å². The Morgan fingerprint density at radius 3 is 2.70 bits per heavy atom.